The van der Waals surface area contributed by atoms with Crippen molar-refractivity contribution < 1.29 is 9.59 Å². The molecule has 0 saturated heterocycles. The number of carbonyl (C=O) groups is 2. The number of nitrogens with zero attached hydrogens (tertiary/aromatic N) is 2. The van der Waals surface area contributed by atoms with E-state index in [1.807, 2.05) is 41.0 Å². The summed E-state index contributed by atoms with van der Waals surface area (Å²) in [5, 5.41) is 5.38. The van der Waals surface area contributed by atoms with Gasteiger partial charge in [0, 0.05) is 25.2 Å². The number of amides is 3. The fourth-order valence-corrected chi connectivity index (χ4v) is 2.55. The standard InChI is InChI=1S/C18H19N5O2/c19-18(25)22-14-7-5-13(6-8-14)11-20-17(24)9-10-23-12-21-15-3-1-2-4-16(15)23/h1-8,12H,9-11H2,(H,20,24)(H3,19,22,25). The van der Waals surface area contributed by atoms with Crippen molar-refractivity contribution in [1.82, 2.24) is 14.9 Å². The Morgan fingerprint density at radius 1 is 1.08 bits per heavy atom. The van der Waals surface area contributed by atoms with Crippen LogP contribution >= 0.6 is 0 Å². The van der Waals surface area contributed by atoms with Gasteiger partial charge in [0.15, 0.2) is 0 Å². The normalized spacial score (nSPS) is 10.6. The third-order valence-electron chi connectivity index (χ3n) is 3.82. The van der Waals surface area contributed by atoms with Crippen molar-refractivity contribution in [2.45, 2.75) is 19.5 Å². The first-order valence-corrected chi connectivity index (χ1v) is 7.94. The number of carbonyl (C=O) groups excluding carboxylic acids is 2. The maximum Gasteiger partial charge on any atom is 0.316 e. The number of para-hydroxylation sites is 2. The molecule has 3 aromatic rings. The zero-order chi connectivity index (χ0) is 17.6. The van der Waals surface area contributed by atoms with Crippen LogP contribution in [0.2, 0.25) is 0 Å². The number of rotatable bonds is 6. The minimum atomic E-state index is -0.604. The van der Waals surface area contributed by atoms with Crippen LogP contribution < -0.4 is 16.4 Å². The van der Waals surface area contributed by atoms with Crippen molar-refractivity contribution in [2.24, 2.45) is 5.73 Å². The van der Waals surface area contributed by atoms with Crippen LogP contribution in [-0.2, 0) is 17.9 Å². The van der Waals surface area contributed by atoms with E-state index in [9.17, 15) is 9.59 Å². The molecule has 7 nitrogen and oxygen atoms in total. The highest BCUT2D eigenvalue weighted by atomic mass is 16.2. The molecule has 1 heterocycles. The number of urea groups is 1. The van der Waals surface area contributed by atoms with E-state index in [0.29, 0.717) is 25.2 Å². The van der Waals surface area contributed by atoms with Crippen molar-refractivity contribution in [2.75, 3.05) is 5.32 Å². The predicted molar refractivity (Wildman–Crippen MR) is 95.8 cm³/mol. The largest absolute Gasteiger partial charge is 0.352 e. The number of imidazole rings is 1. The Balaban J connectivity index is 1.49. The first-order valence-electron chi connectivity index (χ1n) is 7.94. The van der Waals surface area contributed by atoms with Gasteiger partial charge in [-0.05, 0) is 29.8 Å². The maximum atomic E-state index is 12.0. The van der Waals surface area contributed by atoms with Crippen LogP contribution in [0.1, 0.15) is 12.0 Å². The van der Waals surface area contributed by atoms with Gasteiger partial charge >= 0.3 is 6.03 Å². The van der Waals surface area contributed by atoms with E-state index in [1.165, 1.54) is 0 Å². The highest BCUT2D eigenvalue weighted by Gasteiger charge is 2.05. The minimum absolute atomic E-state index is 0.0304. The van der Waals surface area contributed by atoms with E-state index in [1.54, 1.807) is 18.5 Å². The number of fused-ring (bicyclic) bond motifs is 1. The van der Waals surface area contributed by atoms with E-state index in [-0.39, 0.29) is 5.91 Å². The number of nitrogens with one attached hydrogen (secondary N) is 2. The lowest BCUT2D eigenvalue weighted by atomic mass is 10.2. The van der Waals surface area contributed by atoms with Gasteiger partial charge in [0.25, 0.3) is 0 Å². The molecular formula is C18H19N5O2. The first-order chi connectivity index (χ1) is 12.1. The second kappa shape index (κ2) is 7.48. The molecule has 0 radical (unpaired) electrons. The van der Waals surface area contributed by atoms with Crippen molar-refractivity contribution >= 4 is 28.7 Å². The summed E-state index contributed by atoms with van der Waals surface area (Å²) in [4.78, 5) is 27.1. The van der Waals surface area contributed by atoms with Gasteiger partial charge in [-0.3, -0.25) is 4.79 Å². The summed E-state index contributed by atoms with van der Waals surface area (Å²) in [5.41, 5.74) is 8.56. The average Bonchev–Trinajstić information content (AvgIpc) is 3.02. The summed E-state index contributed by atoms with van der Waals surface area (Å²) in [6, 6.07) is 14.4. The molecule has 0 fully saturated rings. The summed E-state index contributed by atoms with van der Waals surface area (Å²) in [6.07, 6.45) is 2.13. The summed E-state index contributed by atoms with van der Waals surface area (Å²) in [7, 11) is 0. The maximum absolute atomic E-state index is 12.0. The molecule has 25 heavy (non-hydrogen) atoms. The van der Waals surface area contributed by atoms with Crippen LogP contribution in [0.25, 0.3) is 11.0 Å². The molecule has 0 aliphatic rings. The van der Waals surface area contributed by atoms with E-state index in [2.05, 4.69) is 15.6 Å². The summed E-state index contributed by atoms with van der Waals surface area (Å²) in [6.45, 7) is 1.01. The number of nitrogens with two attached hydrogens (primary N) is 1. The molecule has 4 N–H and O–H groups in total. The lowest BCUT2D eigenvalue weighted by Gasteiger charge is -2.08. The second-order valence-electron chi connectivity index (χ2n) is 5.64. The smallest absolute Gasteiger partial charge is 0.316 e. The van der Waals surface area contributed by atoms with Gasteiger partial charge in [0.1, 0.15) is 0 Å². The molecule has 3 amide bonds. The van der Waals surface area contributed by atoms with Crippen LogP contribution in [0.4, 0.5) is 10.5 Å². The lowest BCUT2D eigenvalue weighted by Crippen LogP contribution is -2.24. The van der Waals surface area contributed by atoms with Crippen LogP contribution in [0, 0.1) is 0 Å². The molecule has 0 bridgehead atoms. The molecule has 2 aromatic carbocycles. The third kappa shape index (κ3) is 4.35. The minimum Gasteiger partial charge on any atom is -0.352 e. The van der Waals surface area contributed by atoms with Gasteiger partial charge in [-0.25, -0.2) is 9.78 Å². The average molecular weight is 337 g/mol. The van der Waals surface area contributed by atoms with E-state index in [4.69, 9.17) is 5.73 Å². The van der Waals surface area contributed by atoms with E-state index in [0.717, 1.165) is 16.6 Å². The van der Waals surface area contributed by atoms with Gasteiger partial charge in [0.05, 0.1) is 17.4 Å². The Kier molecular flexibility index (Phi) is 4.94. The molecular weight excluding hydrogens is 318 g/mol. The van der Waals surface area contributed by atoms with Crippen molar-refractivity contribution in [1.29, 1.82) is 0 Å². The Morgan fingerprint density at radius 3 is 2.60 bits per heavy atom. The molecule has 0 aliphatic carbocycles. The number of aryl methyl sites for hydroxylation is 1. The molecule has 0 aliphatic heterocycles. The fraction of sp³-hybridized carbons (Fsp3) is 0.167. The SMILES string of the molecule is NC(=O)Nc1ccc(CNC(=O)CCn2cnc3ccccc32)cc1. The van der Waals surface area contributed by atoms with Gasteiger partial charge in [-0.15, -0.1) is 0 Å². The highest BCUT2D eigenvalue weighted by Crippen LogP contribution is 2.12. The Bertz CT molecular complexity index is 886. The van der Waals surface area contributed by atoms with Crippen LogP contribution in [0.15, 0.2) is 54.9 Å². The number of anilines is 1. The number of aromatic nitrogens is 2. The summed E-state index contributed by atoms with van der Waals surface area (Å²) in [5.74, 6) is -0.0304. The molecule has 0 saturated carbocycles. The Morgan fingerprint density at radius 2 is 1.84 bits per heavy atom. The summed E-state index contributed by atoms with van der Waals surface area (Å²) >= 11 is 0. The molecule has 3 rings (SSSR count). The first kappa shape index (κ1) is 16.5. The number of hydrogen-bond acceptors (Lipinski definition) is 3. The quantitative estimate of drug-likeness (QED) is 0.643. The van der Waals surface area contributed by atoms with Crippen molar-refractivity contribution in [3.05, 3.63) is 60.4 Å². The second-order valence-corrected chi connectivity index (χ2v) is 5.64. The zero-order valence-corrected chi connectivity index (χ0v) is 13.6. The number of hydrogen-bond donors (Lipinski definition) is 3. The number of benzene rings is 2. The number of primary amides is 1. The molecule has 0 unspecified atom stereocenters. The topological polar surface area (TPSA) is 102 Å². The van der Waals surface area contributed by atoms with Crippen molar-refractivity contribution in [3.63, 3.8) is 0 Å². The van der Waals surface area contributed by atoms with Crippen molar-refractivity contribution in [3.8, 4) is 0 Å². The monoisotopic (exact) mass is 337 g/mol. The van der Waals surface area contributed by atoms with Gasteiger partial charge in [-0.2, -0.15) is 0 Å². The highest BCUT2D eigenvalue weighted by molar-refractivity contribution is 5.87. The molecule has 1 aromatic heterocycles. The molecule has 0 spiro atoms. The third-order valence-corrected chi connectivity index (χ3v) is 3.82. The van der Waals surface area contributed by atoms with Crippen LogP contribution in [-0.4, -0.2) is 21.5 Å². The zero-order valence-electron chi connectivity index (χ0n) is 13.6. The van der Waals surface area contributed by atoms with Gasteiger partial charge in [-0.1, -0.05) is 24.3 Å². The molecule has 128 valence electrons. The van der Waals surface area contributed by atoms with Gasteiger partial charge < -0.3 is 20.9 Å². The van der Waals surface area contributed by atoms with E-state index < -0.39 is 6.03 Å². The molecule has 0 atom stereocenters. The summed E-state index contributed by atoms with van der Waals surface area (Å²) < 4.78 is 1.97. The fourth-order valence-electron chi connectivity index (χ4n) is 2.55. The van der Waals surface area contributed by atoms with E-state index >= 15 is 0 Å². The lowest BCUT2D eigenvalue weighted by molar-refractivity contribution is -0.121. The van der Waals surface area contributed by atoms with Gasteiger partial charge in [0.2, 0.25) is 5.91 Å². The van der Waals surface area contributed by atoms with Crippen LogP contribution in [0.3, 0.4) is 0 Å². The Hall–Kier alpha value is -3.35. The predicted octanol–water partition coefficient (Wildman–Crippen LogP) is 2.23. The Labute approximate surface area is 144 Å². The molecule has 7 heteroatoms. The van der Waals surface area contributed by atoms with Crippen LogP contribution in [0.5, 0.6) is 0 Å².